The highest BCUT2D eigenvalue weighted by Crippen LogP contribution is 2.28. The summed E-state index contributed by atoms with van der Waals surface area (Å²) in [6, 6.07) is 12.5. The van der Waals surface area contributed by atoms with Crippen LogP contribution in [0.2, 0.25) is 0 Å². The lowest BCUT2D eigenvalue weighted by Gasteiger charge is -2.24. The highest BCUT2D eigenvalue weighted by atomic mass is 32.2. The Balaban J connectivity index is 1.51. The van der Waals surface area contributed by atoms with Crippen LogP contribution in [0, 0.1) is 5.92 Å². The largest absolute Gasteiger partial charge is 0.356 e. The summed E-state index contributed by atoms with van der Waals surface area (Å²) in [4.78, 5) is 8.29. The Labute approximate surface area is 158 Å². The molecule has 1 aromatic carbocycles. The molecule has 1 atom stereocenters. The van der Waals surface area contributed by atoms with E-state index in [-0.39, 0.29) is 11.7 Å². The normalized spacial score (nSPS) is 21.8. The van der Waals surface area contributed by atoms with E-state index in [2.05, 4.69) is 45.9 Å². The summed E-state index contributed by atoms with van der Waals surface area (Å²) in [7, 11) is -2.85. The Morgan fingerprint density at radius 3 is 2.92 bits per heavy atom. The van der Waals surface area contributed by atoms with Gasteiger partial charge in [0.1, 0.15) is 0 Å². The molecule has 1 unspecified atom stereocenters. The van der Waals surface area contributed by atoms with Crippen LogP contribution in [0.3, 0.4) is 0 Å². The Morgan fingerprint density at radius 2 is 2.15 bits per heavy atom. The number of rotatable bonds is 4. The van der Waals surface area contributed by atoms with Crippen molar-refractivity contribution in [1.82, 2.24) is 5.32 Å². The number of nitrogens with one attached hydrogen (secondary N) is 1. The van der Waals surface area contributed by atoms with Gasteiger partial charge < -0.3 is 10.2 Å². The number of thiophene rings is 1. The topological polar surface area (TPSA) is 61.8 Å². The molecule has 0 aliphatic carbocycles. The number of guanidine groups is 1. The lowest BCUT2D eigenvalue weighted by molar-refractivity contribution is 0.570. The van der Waals surface area contributed by atoms with Crippen molar-refractivity contribution in [2.45, 2.75) is 19.4 Å². The smallest absolute Gasteiger partial charge is 0.198 e. The van der Waals surface area contributed by atoms with Gasteiger partial charge in [0, 0.05) is 23.7 Å². The fourth-order valence-corrected chi connectivity index (χ4v) is 6.11. The summed E-state index contributed by atoms with van der Waals surface area (Å²) in [5.74, 6) is 1.62. The van der Waals surface area contributed by atoms with Crippen molar-refractivity contribution in [3.63, 3.8) is 0 Å². The van der Waals surface area contributed by atoms with Crippen molar-refractivity contribution in [2.24, 2.45) is 10.9 Å². The summed E-state index contributed by atoms with van der Waals surface area (Å²) in [5, 5.41) is 5.52. The van der Waals surface area contributed by atoms with E-state index < -0.39 is 9.84 Å². The third-order valence-corrected chi connectivity index (χ3v) is 7.68. The first-order valence-electron chi connectivity index (χ1n) is 8.97. The molecule has 0 bridgehead atoms. The molecule has 5 nitrogen and oxygen atoms in total. The molecule has 7 heteroatoms. The van der Waals surface area contributed by atoms with Crippen LogP contribution in [0.25, 0.3) is 0 Å². The van der Waals surface area contributed by atoms with E-state index in [0.717, 1.165) is 25.3 Å². The first-order chi connectivity index (χ1) is 12.6. The van der Waals surface area contributed by atoms with Gasteiger partial charge >= 0.3 is 0 Å². The molecule has 1 fully saturated rings. The van der Waals surface area contributed by atoms with Crippen molar-refractivity contribution in [3.05, 3.63) is 52.2 Å². The van der Waals surface area contributed by atoms with Crippen LogP contribution in [0.5, 0.6) is 0 Å². The Morgan fingerprint density at radius 1 is 1.27 bits per heavy atom. The van der Waals surface area contributed by atoms with Gasteiger partial charge in [-0.05, 0) is 41.8 Å². The monoisotopic (exact) mass is 389 g/mol. The molecule has 2 aliphatic rings. The van der Waals surface area contributed by atoms with E-state index in [1.54, 1.807) is 11.3 Å². The van der Waals surface area contributed by atoms with Gasteiger partial charge in [0.15, 0.2) is 15.8 Å². The third kappa shape index (κ3) is 3.94. The summed E-state index contributed by atoms with van der Waals surface area (Å²) in [6.07, 6.45) is 1.75. The summed E-state index contributed by atoms with van der Waals surface area (Å²) >= 11 is 1.70. The molecule has 26 heavy (non-hydrogen) atoms. The number of benzene rings is 1. The number of para-hydroxylation sites is 1. The molecule has 0 spiro atoms. The molecule has 1 aromatic heterocycles. The third-order valence-electron chi connectivity index (χ3n) is 4.98. The van der Waals surface area contributed by atoms with E-state index in [1.807, 2.05) is 6.07 Å². The molecule has 1 N–H and O–H groups in total. The molecule has 0 radical (unpaired) electrons. The van der Waals surface area contributed by atoms with Crippen molar-refractivity contribution >= 4 is 32.8 Å². The van der Waals surface area contributed by atoms with Crippen LogP contribution in [0.4, 0.5) is 5.69 Å². The fourth-order valence-electron chi connectivity index (χ4n) is 3.62. The second-order valence-electron chi connectivity index (χ2n) is 6.90. The second-order valence-corrected chi connectivity index (χ2v) is 10.2. The van der Waals surface area contributed by atoms with Crippen LogP contribution >= 0.6 is 11.3 Å². The van der Waals surface area contributed by atoms with E-state index in [9.17, 15) is 8.42 Å². The zero-order valence-corrected chi connectivity index (χ0v) is 16.2. The number of sulfone groups is 1. The van der Waals surface area contributed by atoms with Crippen LogP contribution in [-0.4, -0.2) is 39.0 Å². The average Bonchev–Trinajstić information content (AvgIpc) is 3.35. The van der Waals surface area contributed by atoms with Gasteiger partial charge in [-0.25, -0.2) is 13.4 Å². The molecule has 1 saturated heterocycles. The van der Waals surface area contributed by atoms with Crippen molar-refractivity contribution < 1.29 is 8.42 Å². The van der Waals surface area contributed by atoms with Gasteiger partial charge in [0.05, 0.1) is 18.1 Å². The number of hydrogen-bond donors (Lipinski definition) is 1. The number of fused-ring (bicyclic) bond motifs is 1. The molecule has 0 saturated carbocycles. The minimum atomic E-state index is -2.85. The second kappa shape index (κ2) is 7.40. The van der Waals surface area contributed by atoms with Gasteiger partial charge in [-0.15, -0.1) is 11.3 Å². The number of nitrogens with zero attached hydrogens (tertiary/aromatic N) is 2. The molecule has 138 valence electrons. The zero-order valence-electron chi connectivity index (χ0n) is 14.6. The van der Waals surface area contributed by atoms with Gasteiger partial charge in [-0.3, -0.25) is 0 Å². The van der Waals surface area contributed by atoms with E-state index >= 15 is 0 Å². The molecule has 3 heterocycles. The number of hydrogen-bond acceptors (Lipinski definition) is 4. The van der Waals surface area contributed by atoms with Gasteiger partial charge in [0.25, 0.3) is 0 Å². The number of aliphatic imine (C=N–C) groups is 1. The SMILES string of the molecule is O=S1(=O)CCC(CNC(=NCc2cccs2)N2CCc3ccccc32)C1. The predicted molar refractivity (Wildman–Crippen MR) is 108 cm³/mol. The molecule has 0 amide bonds. The maximum atomic E-state index is 11.7. The average molecular weight is 390 g/mol. The van der Waals surface area contributed by atoms with Crippen molar-refractivity contribution in [1.29, 1.82) is 0 Å². The van der Waals surface area contributed by atoms with Crippen LogP contribution in [0.15, 0.2) is 46.8 Å². The van der Waals surface area contributed by atoms with Gasteiger partial charge in [-0.1, -0.05) is 24.3 Å². The lowest BCUT2D eigenvalue weighted by Crippen LogP contribution is -2.42. The molecular formula is C19H23N3O2S2. The van der Waals surface area contributed by atoms with E-state index in [4.69, 9.17) is 4.99 Å². The Bertz CT molecular complexity index is 891. The molecule has 2 aliphatic heterocycles. The van der Waals surface area contributed by atoms with Crippen LogP contribution in [-0.2, 0) is 22.8 Å². The molecule has 2 aromatic rings. The molecule has 4 rings (SSSR count). The first-order valence-corrected chi connectivity index (χ1v) is 11.7. The van der Waals surface area contributed by atoms with Crippen LogP contribution in [0.1, 0.15) is 16.9 Å². The summed E-state index contributed by atoms with van der Waals surface area (Å²) < 4.78 is 23.4. The highest BCUT2D eigenvalue weighted by Gasteiger charge is 2.29. The van der Waals surface area contributed by atoms with Crippen molar-refractivity contribution in [2.75, 3.05) is 29.5 Å². The van der Waals surface area contributed by atoms with Gasteiger partial charge in [0.2, 0.25) is 0 Å². The lowest BCUT2D eigenvalue weighted by atomic mass is 10.1. The van der Waals surface area contributed by atoms with Crippen LogP contribution < -0.4 is 10.2 Å². The standard InChI is InChI=1S/C19H23N3O2S2/c23-26(24)11-8-15(14-26)12-20-19(21-13-17-5-3-10-25-17)22-9-7-16-4-1-2-6-18(16)22/h1-6,10,15H,7-9,11-14H2,(H,20,21). The summed E-state index contributed by atoms with van der Waals surface area (Å²) in [5.41, 5.74) is 2.53. The fraction of sp³-hybridized carbons (Fsp3) is 0.421. The zero-order chi connectivity index (χ0) is 18.0. The summed E-state index contributed by atoms with van der Waals surface area (Å²) in [6.45, 7) is 2.20. The highest BCUT2D eigenvalue weighted by molar-refractivity contribution is 7.91. The quantitative estimate of drug-likeness (QED) is 0.645. The first kappa shape index (κ1) is 17.5. The Hall–Kier alpha value is -1.86. The van der Waals surface area contributed by atoms with E-state index in [1.165, 1.54) is 16.1 Å². The maximum Gasteiger partial charge on any atom is 0.198 e. The maximum absolute atomic E-state index is 11.7. The predicted octanol–water partition coefficient (Wildman–Crippen LogP) is 2.69. The number of anilines is 1. The Kier molecular flexibility index (Phi) is 5.00. The van der Waals surface area contributed by atoms with Crippen molar-refractivity contribution in [3.8, 4) is 0 Å². The minimum Gasteiger partial charge on any atom is -0.356 e. The minimum absolute atomic E-state index is 0.171. The molecular weight excluding hydrogens is 366 g/mol. The van der Waals surface area contributed by atoms with Gasteiger partial charge in [-0.2, -0.15) is 0 Å². The van der Waals surface area contributed by atoms with E-state index in [0.29, 0.717) is 18.8 Å².